The van der Waals surface area contributed by atoms with E-state index in [-0.39, 0.29) is 30.5 Å². The van der Waals surface area contributed by atoms with E-state index in [1.807, 2.05) is 13.0 Å². The summed E-state index contributed by atoms with van der Waals surface area (Å²) in [5.41, 5.74) is 2.02. The summed E-state index contributed by atoms with van der Waals surface area (Å²) < 4.78 is 5.12. The summed E-state index contributed by atoms with van der Waals surface area (Å²) in [5.74, 6) is -0.508. The monoisotopic (exact) mass is 286 g/mol. The fourth-order valence-electron chi connectivity index (χ4n) is 1.64. The van der Waals surface area contributed by atoms with E-state index in [1.54, 1.807) is 6.07 Å². The van der Waals surface area contributed by atoms with E-state index in [9.17, 15) is 4.79 Å². The molecule has 0 bridgehead atoms. The van der Waals surface area contributed by atoms with Crippen LogP contribution in [0.25, 0.3) is 0 Å². The molecule has 17 heavy (non-hydrogen) atoms. The molecule has 90 valence electrons. The third-order valence-electron chi connectivity index (χ3n) is 2.58. The Morgan fingerprint density at radius 2 is 1.82 bits per heavy atom. The van der Waals surface area contributed by atoms with Crippen LogP contribution in [0.4, 0.5) is 0 Å². The molecule has 0 unspecified atom stereocenters. The standard InChI is InChI=1S/C13H18O3.Zn/c1-8-6-9(13(2,3)4)7-10(12(14)15)11(8)16-5;/h6-7H,1-5H3,(H,14,15);. The molecule has 0 amide bonds. The molecule has 0 heterocycles. The van der Waals surface area contributed by atoms with E-state index in [0.717, 1.165) is 11.1 Å². The Hall–Kier alpha value is -0.887. The molecule has 0 saturated carbocycles. The van der Waals surface area contributed by atoms with Gasteiger partial charge < -0.3 is 9.84 Å². The van der Waals surface area contributed by atoms with Crippen LogP contribution in [0.15, 0.2) is 12.1 Å². The molecule has 0 spiro atoms. The molecular weight excluding hydrogens is 270 g/mol. The number of carbonyl (C=O) groups is 1. The Morgan fingerprint density at radius 1 is 1.29 bits per heavy atom. The van der Waals surface area contributed by atoms with Gasteiger partial charge in [0.05, 0.1) is 7.11 Å². The number of hydrogen-bond acceptors (Lipinski definition) is 2. The summed E-state index contributed by atoms with van der Waals surface area (Å²) in [4.78, 5) is 11.1. The largest absolute Gasteiger partial charge is 0.496 e. The molecule has 1 rings (SSSR count). The first-order valence-electron chi connectivity index (χ1n) is 5.19. The van der Waals surface area contributed by atoms with Gasteiger partial charge in [-0.1, -0.05) is 26.8 Å². The van der Waals surface area contributed by atoms with E-state index in [0.29, 0.717) is 5.75 Å². The third kappa shape index (κ3) is 3.54. The number of aryl methyl sites for hydroxylation is 1. The summed E-state index contributed by atoms with van der Waals surface area (Å²) in [6, 6.07) is 3.67. The molecule has 1 aromatic rings. The van der Waals surface area contributed by atoms with Crippen molar-refractivity contribution in [1.29, 1.82) is 0 Å². The summed E-state index contributed by atoms with van der Waals surface area (Å²) in [7, 11) is 1.49. The van der Waals surface area contributed by atoms with Crippen LogP contribution in [0.2, 0.25) is 0 Å². The van der Waals surface area contributed by atoms with Gasteiger partial charge in [0.2, 0.25) is 0 Å². The maximum absolute atomic E-state index is 11.1. The van der Waals surface area contributed by atoms with Gasteiger partial charge in [-0.25, -0.2) is 4.79 Å². The van der Waals surface area contributed by atoms with Gasteiger partial charge in [0.1, 0.15) is 11.3 Å². The molecule has 0 aliphatic rings. The molecule has 4 heteroatoms. The molecule has 0 aromatic heterocycles. The van der Waals surface area contributed by atoms with E-state index in [2.05, 4.69) is 20.8 Å². The Morgan fingerprint density at radius 3 is 2.18 bits per heavy atom. The number of ether oxygens (including phenoxy) is 1. The number of carboxylic acid groups (broad SMARTS) is 1. The van der Waals surface area contributed by atoms with Crippen LogP contribution >= 0.6 is 0 Å². The van der Waals surface area contributed by atoms with Crippen LogP contribution in [0.5, 0.6) is 5.75 Å². The number of benzene rings is 1. The second kappa shape index (κ2) is 5.64. The van der Waals surface area contributed by atoms with Crippen LogP contribution in [0.3, 0.4) is 0 Å². The first kappa shape index (κ1) is 16.1. The first-order chi connectivity index (χ1) is 7.27. The van der Waals surface area contributed by atoms with Crippen molar-refractivity contribution in [3.8, 4) is 5.75 Å². The molecule has 0 aliphatic carbocycles. The van der Waals surface area contributed by atoms with Gasteiger partial charge in [-0.05, 0) is 29.5 Å². The number of carboxylic acids is 1. The maximum Gasteiger partial charge on any atom is 0.339 e. The van der Waals surface area contributed by atoms with Crippen LogP contribution in [0, 0.1) is 6.92 Å². The van der Waals surface area contributed by atoms with Crippen molar-refractivity contribution in [2.24, 2.45) is 0 Å². The predicted octanol–water partition coefficient (Wildman–Crippen LogP) is 3.00. The molecule has 0 saturated heterocycles. The Kier molecular flexibility index (Phi) is 5.34. The van der Waals surface area contributed by atoms with Gasteiger partial charge in [-0.2, -0.15) is 0 Å². The zero-order chi connectivity index (χ0) is 12.5. The van der Waals surface area contributed by atoms with E-state index >= 15 is 0 Å². The number of rotatable bonds is 2. The van der Waals surface area contributed by atoms with Crippen molar-refractivity contribution in [3.63, 3.8) is 0 Å². The third-order valence-corrected chi connectivity index (χ3v) is 2.58. The van der Waals surface area contributed by atoms with Gasteiger partial charge in [-0.15, -0.1) is 0 Å². The average molecular weight is 288 g/mol. The molecule has 1 aromatic carbocycles. The number of hydrogen-bond donors (Lipinski definition) is 1. The fourth-order valence-corrected chi connectivity index (χ4v) is 1.64. The smallest absolute Gasteiger partial charge is 0.339 e. The first-order valence-corrected chi connectivity index (χ1v) is 5.19. The normalized spacial score (nSPS) is 10.6. The zero-order valence-corrected chi connectivity index (χ0v) is 14.1. The predicted molar refractivity (Wildman–Crippen MR) is 63.4 cm³/mol. The average Bonchev–Trinajstić information content (AvgIpc) is 2.14. The van der Waals surface area contributed by atoms with Crippen molar-refractivity contribution < 1.29 is 34.1 Å². The van der Waals surface area contributed by atoms with Crippen LogP contribution in [-0.2, 0) is 24.9 Å². The number of aromatic carboxylic acids is 1. The second-order valence-corrected chi connectivity index (χ2v) is 4.93. The van der Waals surface area contributed by atoms with Crippen molar-refractivity contribution in [2.75, 3.05) is 7.11 Å². The molecule has 1 N–H and O–H groups in total. The Balaban J connectivity index is 0.00000256. The Labute approximate surface area is 115 Å². The van der Waals surface area contributed by atoms with Gasteiger partial charge in [0.15, 0.2) is 0 Å². The van der Waals surface area contributed by atoms with E-state index < -0.39 is 5.97 Å². The van der Waals surface area contributed by atoms with Crippen molar-refractivity contribution in [3.05, 3.63) is 28.8 Å². The molecule has 0 aliphatic heterocycles. The quantitative estimate of drug-likeness (QED) is 0.851. The van der Waals surface area contributed by atoms with Crippen LogP contribution in [-0.4, -0.2) is 18.2 Å². The fraction of sp³-hybridized carbons (Fsp3) is 0.462. The van der Waals surface area contributed by atoms with E-state index in [1.165, 1.54) is 7.11 Å². The summed E-state index contributed by atoms with van der Waals surface area (Å²) >= 11 is 0. The van der Waals surface area contributed by atoms with Crippen molar-refractivity contribution >= 4 is 5.97 Å². The van der Waals surface area contributed by atoms with Gasteiger partial charge in [0.25, 0.3) is 0 Å². The zero-order valence-electron chi connectivity index (χ0n) is 11.1. The Bertz CT molecular complexity index is 419. The summed E-state index contributed by atoms with van der Waals surface area (Å²) in [6.45, 7) is 8.03. The summed E-state index contributed by atoms with van der Waals surface area (Å²) in [6.07, 6.45) is 0. The van der Waals surface area contributed by atoms with Gasteiger partial charge in [-0.3, -0.25) is 0 Å². The van der Waals surface area contributed by atoms with Gasteiger partial charge >= 0.3 is 5.97 Å². The minimum absolute atomic E-state index is 0. The SMILES string of the molecule is COc1c(C)cc(C(C)(C)C)cc1C(=O)O.[Zn]. The topological polar surface area (TPSA) is 46.5 Å². The molecule has 3 nitrogen and oxygen atoms in total. The summed E-state index contributed by atoms with van der Waals surface area (Å²) in [5, 5.41) is 9.13. The van der Waals surface area contributed by atoms with Crippen LogP contribution < -0.4 is 4.74 Å². The molecule has 0 fully saturated rings. The molecular formula is C13H18O3Zn. The maximum atomic E-state index is 11.1. The minimum Gasteiger partial charge on any atom is -0.496 e. The number of methoxy groups -OCH3 is 1. The van der Waals surface area contributed by atoms with Crippen molar-refractivity contribution in [2.45, 2.75) is 33.1 Å². The molecule has 0 radical (unpaired) electrons. The van der Waals surface area contributed by atoms with Crippen molar-refractivity contribution in [1.82, 2.24) is 0 Å². The minimum atomic E-state index is -0.953. The van der Waals surface area contributed by atoms with E-state index in [4.69, 9.17) is 9.84 Å². The second-order valence-electron chi connectivity index (χ2n) is 4.93. The molecule has 0 atom stereocenters. The van der Waals surface area contributed by atoms with Gasteiger partial charge in [0, 0.05) is 19.5 Å². The van der Waals surface area contributed by atoms with Crippen LogP contribution in [0.1, 0.15) is 42.3 Å².